The molecule has 6 nitrogen and oxygen atoms in total. The lowest BCUT2D eigenvalue weighted by atomic mass is 9.87. The number of rotatable bonds is 4. The van der Waals surface area contributed by atoms with Gasteiger partial charge >= 0.3 is 5.97 Å². The van der Waals surface area contributed by atoms with Gasteiger partial charge in [-0.05, 0) is 24.8 Å². The van der Waals surface area contributed by atoms with E-state index in [9.17, 15) is 14.7 Å². The Kier molecular flexibility index (Phi) is 4.45. The van der Waals surface area contributed by atoms with E-state index in [4.69, 9.17) is 0 Å². The Morgan fingerprint density at radius 1 is 1.33 bits per heavy atom. The molecule has 128 valence electrons. The average Bonchev–Trinajstić information content (AvgIpc) is 3.25. The number of nitrogens with zero attached hydrogens (tertiary/aromatic N) is 3. The number of likely N-dealkylation sites (tertiary alicyclic amines) is 1. The summed E-state index contributed by atoms with van der Waals surface area (Å²) in [6, 6.07) is 1.95. The number of thiophene rings is 1. The van der Waals surface area contributed by atoms with E-state index in [1.165, 1.54) is 4.88 Å². The first-order chi connectivity index (χ1) is 11.4. The Hall–Kier alpha value is -2.15. The van der Waals surface area contributed by atoms with Crippen LogP contribution in [0, 0.1) is 0 Å². The predicted octanol–water partition coefficient (Wildman–Crippen LogP) is 2.78. The van der Waals surface area contributed by atoms with Gasteiger partial charge in [0.15, 0.2) is 0 Å². The van der Waals surface area contributed by atoms with Gasteiger partial charge in [0.2, 0.25) is 0 Å². The topological polar surface area (TPSA) is 75.4 Å². The third kappa shape index (κ3) is 2.84. The van der Waals surface area contributed by atoms with Crippen LogP contribution in [0.25, 0.3) is 0 Å². The molecule has 1 fully saturated rings. The number of carboxylic acids is 1. The number of imidazole rings is 1. The Morgan fingerprint density at radius 3 is 2.54 bits per heavy atom. The molecule has 0 bridgehead atoms. The summed E-state index contributed by atoms with van der Waals surface area (Å²) >= 11 is 1.60. The predicted molar refractivity (Wildman–Crippen MR) is 91.4 cm³/mol. The number of carbonyl (C=O) groups excluding carboxylic acids is 1. The number of hydrogen-bond acceptors (Lipinski definition) is 4. The SMILES string of the molecule is CC(C)c1cc(C(=O)N2CCC(C(=O)O)(n3ccnc3)CC2)cs1. The number of carbonyl (C=O) groups is 2. The minimum Gasteiger partial charge on any atom is -0.479 e. The molecule has 0 unspecified atom stereocenters. The summed E-state index contributed by atoms with van der Waals surface area (Å²) in [6.45, 7) is 5.06. The third-order valence-corrected chi connectivity index (χ3v) is 5.94. The van der Waals surface area contributed by atoms with Crippen molar-refractivity contribution in [3.05, 3.63) is 40.6 Å². The second kappa shape index (κ2) is 6.39. The zero-order valence-electron chi connectivity index (χ0n) is 13.8. The molecule has 0 aliphatic carbocycles. The van der Waals surface area contributed by atoms with Gasteiger partial charge in [0.1, 0.15) is 5.54 Å². The second-order valence-electron chi connectivity index (χ2n) is 6.49. The summed E-state index contributed by atoms with van der Waals surface area (Å²) in [6.07, 6.45) is 5.57. The Labute approximate surface area is 144 Å². The standard InChI is InChI=1S/C17H21N3O3S/c1-12(2)14-9-13(10-24-14)15(21)19-6-3-17(4-7-19,16(22)23)20-8-5-18-11-20/h5,8-12H,3-4,6-7H2,1-2H3,(H,22,23). The molecular weight excluding hydrogens is 326 g/mol. The van der Waals surface area contributed by atoms with Crippen LogP contribution < -0.4 is 0 Å². The number of aromatic nitrogens is 2. The third-order valence-electron chi connectivity index (χ3n) is 4.71. The molecule has 1 saturated heterocycles. The van der Waals surface area contributed by atoms with Crippen LogP contribution in [0.5, 0.6) is 0 Å². The molecule has 24 heavy (non-hydrogen) atoms. The van der Waals surface area contributed by atoms with Gasteiger partial charge in [0.05, 0.1) is 11.9 Å². The van der Waals surface area contributed by atoms with Crippen molar-refractivity contribution < 1.29 is 14.7 Å². The summed E-state index contributed by atoms with van der Waals surface area (Å²) in [5.74, 6) is -0.480. The molecule has 0 spiro atoms. The smallest absolute Gasteiger partial charge is 0.330 e. The maximum atomic E-state index is 12.7. The molecule has 0 aromatic carbocycles. The number of carboxylic acid groups (broad SMARTS) is 1. The fourth-order valence-electron chi connectivity index (χ4n) is 3.12. The Morgan fingerprint density at radius 2 is 2.04 bits per heavy atom. The molecule has 3 heterocycles. The van der Waals surface area contributed by atoms with Crippen molar-refractivity contribution in [2.45, 2.75) is 38.1 Å². The molecule has 1 aliphatic rings. The van der Waals surface area contributed by atoms with Gasteiger partial charge in [-0.25, -0.2) is 9.78 Å². The highest BCUT2D eigenvalue weighted by molar-refractivity contribution is 7.10. The zero-order valence-corrected chi connectivity index (χ0v) is 14.6. The van der Waals surface area contributed by atoms with Gasteiger partial charge in [0, 0.05) is 35.7 Å². The van der Waals surface area contributed by atoms with E-state index >= 15 is 0 Å². The Balaban J connectivity index is 1.74. The lowest BCUT2D eigenvalue weighted by Gasteiger charge is -2.39. The van der Waals surface area contributed by atoms with Crippen LogP contribution in [0.15, 0.2) is 30.2 Å². The van der Waals surface area contributed by atoms with Gasteiger partial charge < -0.3 is 14.6 Å². The van der Waals surface area contributed by atoms with Gasteiger partial charge in [-0.2, -0.15) is 0 Å². The quantitative estimate of drug-likeness (QED) is 0.923. The van der Waals surface area contributed by atoms with Crippen LogP contribution in [-0.2, 0) is 10.3 Å². The van der Waals surface area contributed by atoms with Crippen molar-refractivity contribution in [2.75, 3.05) is 13.1 Å². The highest BCUT2D eigenvalue weighted by atomic mass is 32.1. The van der Waals surface area contributed by atoms with E-state index in [0.717, 1.165) is 0 Å². The summed E-state index contributed by atoms with van der Waals surface area (Å²) < 4.78 is 1.65. The summed E-state index contributed by atoms with van der Waals surface area (Å²) in [5, 5.41) is 11.6. The van der Waals surface area contributed by atoms with E-state index in [1.807, 2.05) is 11.4 Å². The van der Waals surface area contributed by atoms with E-state index < -0.39 is 11.5 Å². The highest BCUT2D eigenvalue weighted by Gasteiger charge is 2.44. The molecule has 0 saturated carbocycles. The normalized spacial score (nSPS) is 17.2. The fraction of sp³-hybridized carbons (Fsp3) is 0.471. The lowest BCUT2D eigenvalue weighted by molar-refractivity contribution is -0.150. The molecule has 0 atom stereocenters. The first-order valence-electron chi connectivity index (χ1n) is 8.03. The largest absolute Gasteiger partial charge is 0.479 e. The molecule has 1 aliphatic heterocycles. The summed E-state index contributed by atoms with van der Waals surface area (Å²) in [5.41, 5.74) is -0.306. The maximum absolute atomic E-state index is 12.7. The van der Waals surface area contributed by atoms with Crippen LogP contribution in [0.2, 0.25) is 0 Å². The molecule has 2 aromatic heterocycles. The maximum Gasteiger partial charge on any atom is 0.330 e. The van der Waals surface area contributed by atoms with Gasteiger partial charge in [-0.15, -0.1) is 11.3 Å². The van der Waals surface area contributed by atoms with Crippen molar-refractivity contribution in [1.82, 2.24) is 14.5 Å². The van der Waals surface area contributed by atoms with Crippen LogP contribution in [0.3, 0.4) is 0 Å². The minimum atomic E-state index is -1.01. The van der Waals surface area contributed by atoms with Crippen LogP contribution >= 0.6 is 11.3 Å². The van der Waals surface area contributed by atoms with Crippen LogP contribution in [-0.4, -0.2) is 44.5 Å². The second-order valence-corrected chi connectivity index (χ2v) is 7.43. The van der Waals surface area contributed by atoms with Crippen molar-refractivity contribution in [2.24, 2.45) is 0 Å². The summed E-state index contributed by atoms with van der Waals surface area (Å²) in [7, 11) is 0. The van der Waals surface area contributed by atoms with Gasteiger partial charge in [-0.1, -0.05) is 13.8 Å². The van der Waals surface area contributed by atoms with Gasteiger partial charge in [-0.3, -0.25) is 4.79 Å². The van der Waals surface area contributed by atoms with Gasteiger partial charge in [0.25, 0.3) is 5.91 Å². The van der Waals surface area contributed by atoms with Crippen molar-refractivity contribution in [3.63, 3.8) is 0 Å². The first kappa shape index (κ1) is 16.7. The first-order valence-corrected chi connectivity index (χ1v) is 8.91. The van der Waals surface area contributed by atoms with Crippen molar-refractivity contribution in [1.29, 1.82) is 0 Å². The Bertz CT molecular complexity index is 728. The summed E-state index contributed by atoms with van der Waals surface area (Å²) in [4.78, 5) is 31.4. The lowest BCUT2D eigenvalue weighted by Crippen LogP contribution is -2.52. The molecular formula is C17H21N3O3S. The van der Waals surface area contributed by atoms with Crippen LogP contribution in [0.4, 0.5) is 0 Å². The monoisotopic (exact) mass is 347 g/mol. The van der Waals surface area contributed by atoms with E-state index in [1.54, 1.807) is 39.5 Å². The molecule has 3 rings (SSSR count). The number of aliphatic carboxylic acids is 1. The van der Waals surface area contributed by atoms with Crippen molar-refractivity contribution in [3.8, 4) is 0 Å². The number of amides is 1. The molecule has 7 heteroatoms. The van der Waals surface area contributed by atoms with Crippen molar-refractivity contribution >= 4 is 23.2 Å². The van der Waals surface area contributed by atoms with Crippen LogP contribution in [0.1, 0.15) is 47.8 Å². The molecule has 1 amide bonds. The minimum absolute atomic E-state index is 0.0113. The highest BCUT2D eigenvalue weighted by Crippen LogP contribution is 2.32. The van der Waals surface area contributed by atoms with E-state index in [-0.39, 0.29) is 5.91 Å². The average molecular weight is 347 g/mol. The zero-order chi connectivity index (χ0) is 17.3. The molecule has 2 aromatic rings. The molecule has 0 radical (unpaired) electrons. The van der Waals surface area contributed by atoms with E-state index in [0.29, 0.717) is 37.4 Å². The fourth-order valence-corrected chi connectivity index (χ4v) is 4.02. The van der Waals surface area contributed by atoms with E-state index in [2.05, 4.69) is 18.8 Å². The molecule has 1 N–H and O–H groups in total. The number of hydrogen-bond donors (Lipinski definition) is 1. The number of piperidine rings is 1.